The van der Waals surface area contributed by atoms with Gasteiger partial charge in [0, 0.05) is 11.8 Å². The van der Waals surface area contributed by atoms with E-state index in [1.54, 1.807) is 0 Å². The first-order chi connectivity index (χ1) is 8.79. The largest absolute Gasteiger partial charge is 0.443 e. The van der Waals surface area contributed by atoms with E-state index in [0.717, 1.165) is 24.4 Å². The maximum Gasteiger partial charge on any atom is 0.443 e. The molecule has 8 heteroatoms. The second kappa shape index (κ2) is 4.90. The fraction of sp³-hybridized carbons (Fsp3) is 0.0909. The van der Waals surface area contributed by atoms with Gasteiger partial charge in [0.25, 0.3) is 0 Å². The first-order valence-corrected chi connectivity index (χ1v) is 6.01. The SMILES string of the molecule is O=C(c1cnc(C(F)(F)F)s1)c1ccc(F)cc1Cl. The Hall–Kier alpha value is -1.47. The molecule has 0 spiro atoms. The van der Waals surface area contributed by atoms with Gasteiger partial charge in [0.05, 0.1) is 9.90 Å². The topological polar surface area (TPSA) is 30.0 Å². The number of alkyl halides is 3. The van der Waals surface area contributed by atoms with Crippen LogP contribution in [-0.2, 0) is 6.18 Å². The predicted molar refractivity (Wildman–Crippen MR) is 62.0 cm³/mol. The molecule has 0 saturated carbocycles. The van der Waals surface area contributed by atoms with E-state index in [4.69, 9.17) is 11.6 Å². The molecular weight excluding hydrogens is 306 g/mol. The summed E-state index contributed by atoms with van der Waals surface area (Å²) >= 11 is 5.89. The molecular formula is C11H4ClF4NOS. The Labute approximate surface area is 113 Å². The number of rotatable bonds is 2. The van der Waals surface area contributed by atoms with E-state index in [-0.39, 0.29) is 26.8 Å². The van der Waals surface area contributed by atoms with Gasteiger partial charge in [-0.25, -0.2) is 9.37 Å². The van der Waals surface area contributed by atoms with Crippen LogP contribution in [0, 0.1) is 5.82 Å². The van der Waals surface area contributed by atoms with Crippen molar-refractivity contribution in [2.24, 2.45) is 0 Å². The summed E-state index contributed by atoms with van der Waals surface area (Å²) in [6, 6.07) is 3.04. The number of halogens is 5. The van der Waals surface area contributed by atoms with Crippen LogP contribution < -0.4 is 0 Å². The van der Waals surface area contributed by atoms with E-state index < -0.39 is 22.8 Å². The Balaban J connectivity index is 2.37. The third-order valence-electron chi connectivity index (χ3n) is 2.15. The maximum absolute atomic E-state index is 12.8. The van der Waals surface area contributed by atoms with Crippen molar-refractivity contribution in [3.05, 3.63) is 50.7 Å². The summed E-state index contributed by atoms with van der Waals surface area (Å²) in [6.45, 7) is 0. The Kier molecular flexibility index (Phi) is 3.60. The van der Waals surface area contributed by atoms with Gasteiger partial charge < -0.3 is 0 Å². The molecule has 1 heterocycles. The van der Waals surface area contributed by atoms with Crippen LogP contribution in [-0.4, -0.2) is 10.8 Å². The normalized spacial score (nSPS) is 11.6. The molecule has 0 aliphatic heterocycles. The molecule has 0 fully saturated rings. The van der Waals surface area contributed by atoms with E-state index in [1.807, 2.05) is 0 Å². The van der Waals surface area contributed by atoms with Crippen molar-refractivity contribution in [2.45, 2.75) is 6.18 Å². The Bertz CT molecular complexity index is 638. The van der Waals surface area contributed by atoms with Gasteiger partial charge in [-0.05, 0) is 18.2 Å². The summed E-state index contributed by atoms with van der Waals surface area (Å²) in [5, 5.41) is -1.28. The summed E-state index contributed by atoms with van der Waals surface area (Å²) in [6.07, 6.45) is -3.77. The highest BCUT2D eigenvalue weighted by Crippen LogP contribution is 2.33. The van der Waals surface area contributed by atoms with E-state index in [9.17, 15) is 22.4 Å². The van der Waals surface area contributed by atoms with Crippen LogP contribution in [0.2, 0.25) is 5.02 Å². The number of benzene rings is 1. The number of carbonyl (C=O) groups is 1. The molecule has 19 heavy (non-hydrogen) atoms. The van der Waals surface area contributed by atoms with Crippen molar-refractivity contribution in [3.8, 4) is 0 Å². The third-order valence-corrected chi connectivity index (χ3v) is 3.50. The van der Waals surface area contributed by atoms with E-state index >= 15 is 0 Å². The molecule has 0 saturated heterocycles. The molecule has 0 bridgehead atoms. The summed E-state index contributed by atoms with van der Waals surface area (Å²) in [7, 11) is 0. The number of carbonyl (C=O) groups excluding carboxylic acids is 1. The fourth-order valence-corrected chi connectivity index (χ4v) is 2.31. The summed E-state index contributed by atoms with van der Waals surface area (Å²) in [4.78, 5) is 14.8. The molecule has 2 nitrogen and oxygen atoms in total. The zero-order valence-corrected chi connectivity index (χ0v) is 10.5. The lowest BCUT2D eigenvalue weighted by Gasteiger charge is -2.01. The molecule has 0 aliphatic carbocycles. The minimum Gasteiger partial charge on any atom is -0.288 e. The van der Waals surface area contributed by atoms with Gasteiger partial charge in [-0.15, -0.1) is 11.3 Å². The van der Waals surface area contributed by atoms with Gasteiger partial charge in [-0.1, -0.05) is 11.6 Å². The first-order valence-electron chi connectivity index (χ1n) is 4.82. The molecule has 0 amide bonds. The summed E-state index contributed by atoms with van der Waals surface area (Å²) < 4.78 is 49.9. The van der Waals surface area contributed by atoms with Crippen molar-refractivity contribution in [3.63, 3.8) is 0 Å². The molecule has 100 valence electrons. The first kappa shape index (κ1) is 14.0. The number of hydrogen-bond acceptors (Lipinski definition) is 3. The molecule has 0 atom stereocenters. The maximum atomic E-state index is 12.8. The number of aromatic nitrogens is 1. The van der Waals surface area contributed by atoms with Crippen molar-refractivity contribution >= 4 is 28.7 Å². The number of thiazole rings is 1. The van der Waals surface area contributed by atoms with E-state index in [2.05, 4.69) is 4.98 Å². The molecule has 0 unspecified atom stereocenters. The Morgan fingerprint density at radius 2 is 2.00 bits per heavy atom. The van der Waals surface area contributed by atoms with Crippen LogP contribution in [0.15, 0.2) is 24.4 Å². The Morgan fingerprint density at radius 1 is 1.32 bits per heavy atom. The average Bonchev–Trinajstić information content (AvgIpc) is 2.76. The molecule has 2 rings (SSSR count). The monoisotopic (exact) mass is 309 g/mol. The van der Waals surface area contributed by atoms with Crippen molar-refractivity contribution in [1.82, 2.24) is 4.98 Å². The molecule has 1 aromatic carbocycles. The van der Waals surface area contributed by atoms with Crippen molar-refractivity contribution < 1.29 is 22.4 Å². The highest BCUT2D eigenvalue weighted by molar-refractivity contribution is 7.14. The van der Waals surface area contributed by atoms with Crippen LogP contribution in [0.5, 0.6) is 0 Å². The van der Waals surface area contributed by atoms with Crippen LogP contribution in [0.3, 0.4) is 0 Å². The van der Waals surface area contributed by atoms with Gasteiger partial charge in [0.2, 0.25) is 5.78 Å². The molecule has 0 aliphatic rings. The van der Waals surface area contributed by atoms with Crippen LogP contribution >= 0.6 is 22.9 Å². The lowest BCUT2D eigenvalue weighted by Crippen LogP contribution is -2.03. The minimum absolute atomic E-state index is 0.0690. The smallest absolute Gasteiger partial charge is 0.288 e. The number of hydrogen-bond donors (Lipinski definition) is 0. The summed E-state index contributed by atoms with van der Waals surface area (Å²) in [5.74, 6) is -1.36. The van der Waals surface area contributed by atoms with Gasteiger partial charge in [-0.2, -0.15) is 13.2 Å². The third kappa shape index (κ3) is 2.93. The van der Waals surface area contributed by atoms with Crippen molar-refractivity contribution in [2.75, 3.05) is 0 Å². The van der Waals surface area contributed by atoms with Gasteiger partial charge in [-0.3, -0.25) is 4.79 Å². The van der Waals surface area contributed by atoms with Crippen LogP contribution in [0.25, 0.3) is 0 Å². The van der Waals surface area contributed by atoms with Crippen LogP contribution in [0.1, 0.15) is 20.2 Å². The second-order valence-electron chi connectivity index (χ2n) is 3.48. The molecule has 0 radical (unpaired) electrons. The molecule has 1 aromatic heterocycles. The zero-order chi connectivity index (χ0) is 14.2. The highest BCUT2D eigenvalue weighted by atomic mass is 35.5. The van der Waals surface area contributed by atoms with Gasteiger partial charge in [0.15, 0.2) is 5.01 Å². The van der Waals surface area contributed by atoms with Crippen molar-refractivity contribution in [1.29, 1.82) is 0 Å². The number of nitrogens with zero attached hydrogens (tertiary/aromatic N) is 1. The van der Waals surface area contributed by atoms with Crippen LogP contribution in [0.4, 0.5) is 17.6 Å². The van der Waals surface area contributed by atoms with Gasteiger partial charge >= 0.3 is 6.18 Å². The minimum atomic E-state index is -4.60. The average molecular weight is 310 g/mol. The quantitative estimate of drug-likeness (QED) is 0.615. The standard InChI is InChI=1S/C11H4ClF4NOS/c12-7-3-5(13)1-2-6(7)9(18)8-4-17-10(19-8)11(14,15)16/h1-4H. The fourth-order valence-electron chi connectivity index (χ4n) is 1.32. The number of ketones is 1. The van der Waals surface area contributed by atoms with E-state index in [0.29, 0.717) is 0 Å². The molecule has 0 N–H and O–H groups in total. The van der Waals surface area contributed by atoms with Gasteiger partial charge in [0.1, 0.15) is 5.82 Å². The lowest BCUT2D eigenvalue weighted by molar-refractivity contribution is -0.137. The highest BCUT2D eigenvalue weighted by Gasteiger charge is 2.35. The zero-order valence-electron chi connectivity index (χ0n) is 8.96. The lowest BCUT2D eigenvalue weighted by atomic mass is 10.1. The summed E-state index contributed by atoms with van der Waals surface area (Å²) in [5.41, 5.74) is -0.0690. The van der Waals surface area contributed by atoms with E-state index in [1.165, 1.54) is 0 Å². The Morgan fingerprint density at radius 3 is 2.53 bits per heavy atom. The second-order valence-corrected chi connectivity index (χ2v) is 4.92. The predicted octanol–water partition coefficient (Wildman–Crippen LogP) is 4.19. The molecule has 2 aromatic rings.